The zero-order valence-electron chi connectivity index (χ0n) is 41.6. The number of aliphatic hydroxyl groups excluding tert-OH is 1. The predicted octanol–water partition coefficient (Wildman–Crippen LogP) is 7.43. The van der Waals surface area contributed by atoms with E-state index in [9.17, 15) is 19.5 Å². The Labute approximate surface area is 431 Å². The molecular formula is C55H55N3O15S. The van der Waals surface area contributed by atoms with Crippen LogP contribution in [0.3, 0.4) is 0 Å². The molecule has 74 heavy (non-hydrogen) atoms. The number of fused-ring (bicyclic) bond motifs is 9. The van der Waals surface area contributed by atoms with Crippen LogP contribution in [0.1, 0.15) is 79.9 Å². The summed E-state index contributed by atoms with van der Waals surface area (Å²) in [5.74, 6) is 0.704. The summed E-state index contributed by atoms with van der Waals surface area (Å²) in [6, 6.07) is 21.1. The minimum atomic E-state index is -1.52. The van der Waals surface area contributed by atoms with Crippen LogP contribution in [0.2, 0.25) is 0 Å². The van der Waals surface area contributed by atoms with E-state index in [0.717, 1.165) is 16.7 Å². The molecule has 4 bridgehead atoms. The van der Waals surface area contributed by atoms with Crippen molar-refractivity contribution in [2.75, 3.05) is 47.0 Å². The number of hydrogen-bond acceptors (Lipinski definition) is 19. The highest BCUT2D eigenvalue weighted by Gasteiger charge is 2.62. The Kier molecular flexibility index (Phi) is 13.1. The molecule has 19 heteroatoms. The van der Waals surface area contributed by atoms with Gasteiger partial charge in [-0.1, -0.05) is 66.7 Å². The molecule has 386 valence electrons. The number of ether oxygens (including phenoxy) is 10. The number of likely N-dealkylation sites (N-methyl/N-ethyl adjacent to an activating group) is 1. The van der Waals surface area contributed by atoms with Gasteiger partial charge in [-0.3, -0.25) is 19.9 Å². The minimum absolute atomic E-state index is 0.00385. The van der Waals surface area contributed by atoms with Gasteiger partial charge in [0.15, 0.2) is 40.0 Å². The number of aryl methyl sites for hydroxylation is 1. The summed E-state index contributed by atoms with van der Waals surface area (Å²) < 4.78 is 60.3. The van der Waals surface area contributed by atoms with Crippen LogP contribution in [0.15, 0.2) is 78.9 Å². The van der Waals surface area contributed by atoms with E-state index in [1.807, 2.05) is 85.6 Å². The largest absolute Gasteiger partial charge is 0.514 e. The monoisotopic (exact) mass is 1030 g/mol. The lowest BCUT2D eigenvalue weighted by Gasteiger charge is -2.62. The van der Waals surface area contributed by atoms with Crippen LogP contribution in [0.4, 0.5) is 9.59 Å². The number of rotatable bonds is 9. The first-order chi connectivity index (χ1) is 35.8. The average Bonchev–Trinajstić information content (AvgIpc) is 3.90. The maximum absolute atomic E-state index is 15.3. The summed E-state index contributed by atoms with van der Waals surface area (Å²) in [4.78, 5) is 59.6. The topological polar surface area (TPSA) is 199 Å². The minimum Gasteiger partial charge on any atom is -0.493 e. The molecule has 0 amide bonds. The Morgan fingerprint density at radius 1 is 0.797 bits per heavy atom. The van der Waals surface area contributed by atoms with Crippen molar-refractivity contribution in [2.24, 2.45) is 0 Å². The van der Waals surface area contributed by atoms with Crippen LogP contribution in [0, 0.1) is 13.8 Å². The smallest absolute Gasteiger partial charge is 0.493 e. The van der Waals surface area contributed by atoms with E-state index in [-0.39, 0.29) is 55.4 Å². The fourth-order valence-electron chi connectivity index (χ4n) is 11.8. The molecule has 7 atom stereocenters. The molecule has 5 aromatic rings. The molecule has 2 fully saturated rings. The molecule has 5 aromatic carbocycles. The van der Waals surface area contributed by atoms with E-state index in [1.165, 1.54) is 32.9 Å². The van der Waals surface area contributed by atoms with E-state index in [2.05, 4.69) is 10.2 Å². The second-order valence-electron chi connectivity index (χ2n) is 19.1. The molecule has 0 saturated carbocycles. The van der Waals surface area contributed by atoms with E-state index in [0.29, 0.717) is 75.6 Å². The number of nitrogens with zero attached hydrogens (tertiary/aromatic N) is 2. The first-order valence-electron chi connectivity index (χ1n) is 24.4. The number of nitrogens with one attached hydrogen (secondary N) is 1. The van der Waals surface area contributed by atoms with E-state index in [1.54, 1.807) is 19.1 Å². The molecule has 0 aromatic heterocycles. The number of benzene rings is 5. The summed E-state index contributed by atoms with van der Waals surface area (Å²) in [5.41, 5.74) is 5.18. The Morgan fingerprint density at radius 2 is 1.49 bits per heavy atom. The number of piperazine rings is 1. The van der Waals surface area contributed by atoms with Crippen molar-refractivity contribution in [1.82, 2.24) is 15.1 Å². The van der Waals surface area contributed by atoms with Gasteiger partial charge in [-0.15, -0.1) is 11.8 Å². The molecule has 7 aliphatic heterocycles. The molecule has 0 radical (unpaired) electrons. The van der Waals surface area contributed by atoms with Crippen molar-refractivity contribution in [3.8, 4) is 40.2 Å². The number of carbonyl (C=O) groups is 4. The van der Waals surface area contributed by atoms with Gasteiger partial charge in [0.1, 0.15) is 31.8 Å². The van der Waals surface area contributed by atoms with Crippen molar-refractivity contribution < 1.29 is 71.7 Å². The van der Waals surface area contributed by atoms with Crippen molar-refractivity contribution in [2.45, 2.75) is 88.0 Å². The fourth-order valence-corrected chi connectivity index (χ4v) is 13.5. The predicted molar refractivity (Wildman–Crippen MR) is 266 cm³/mol. The molecule has 0 aliphatic carbocycles. The van der Waals surface area contributed by atoms with Gasteiger partial charge in [0.05, 0.1) is 37.6 Å². The van der Waals surface area contributed by atoms with Gasteiger partial charge in [-0.2, -0.15) is 0 Å². The number of methoxy groups -OCH3 is 2. The maximum Gasteiger partial charge on any atom is 0.514 e. The summed E-state index contributed by atoms with van der Waals surface area (Å²) in [6.45, 7) is 4.90. The number of aliphatic hydroxyl groups is 1. The zero-order valence-corrected chi connectivity index (χ0v) is 42.4. The molecule has 18 nitrogen and oxygen atoms in total. The van der Waals surface area contributed by atoms with Crippen molar-refractivity contribution >= 4 is 36.0 Å². The Bertz CT molecular complexity index is 3070. The van der Waals surface area contributed by atoms with Crippen molar-refractivity contribution in [3.63, 3.8) is 0 Å². The third-order valence-electron chi connectivity index (χ3n) is 15.0. The van der Waals surface area contributed by atoms with Crippen molar-refractivity contribution in [1.29, 1.82) is 0 Å². The number of hydrogen-bond donors (Lipinski definition) is 2. The van der Waals surface area contributed by atoms with Gasteiger partial charge in [-0.25, -0.2) is 14.4 Å². The highest BCUT2D eigenvalue weighted by atomic mass is 32.2. The van der Waals surface area contributed by atoms with E-state index in [4.69, 9.17) is 47.4 Å². The van der Waals surface area contributed by atoms with Crippen LogP contribution in [-0.4, -0.2) is 104 Å². The SMILES string of the molecule is COc1cc2c(cc1OC(=O)OCc1ccccc1)CCN[C@]21CS[C@@H]2c3c(OC(C)=O)c(C)c4c(c3[C@H](COC1=O)N1C2C2c3c(cc(C)c(OC)c3OC(=O)OCc3ccccc3)C[C@@H]([C@@H]1O)N2C)OCO4. The van der Waals surface area contributed by atoms with Gasteiger partial charge in [0, 0.05) is 47.5 Å². The molecule has 1 spiro atoms. The van der Waals surface area contributed by atoms with E-state index >= 15 is 4.79 Å². The van der Waals surface area contributed by atoms with Gasteiger partial charge >= 0.3 is 24.2 Å². The average molecular weight is 1030 g/mol. The number of thioether (sulfide) groups is 1. The maximum atomic E-state index is 15.3. The normalized spacial score (nSPS) is 24.3. The van der Waals surface area contributed by atoms with Crippen LogP contribution in [0.25, 0.3) is 0 Å². The van der Waals surface area contributed by atoms with Gasteiger partial charge in [0.25, 0.3) is 0 Å². The van der Waals surface area contributed by atoms with Gasteiger partial charge < -0.3 is 52.5 Å². The summed E-state index contributed by atoms with van der Waals surface area (Å²) >= 11 is 1.41. The van der Waals surface area contributed by atoms with E-state index < -0.39 is 65.4 Å². The lowest BCUT2D eigenvalue weighted by Crippen LogP contribution is -2.70. The van der Waals surface area contributed by atoms with Crippen LogP contribution >= 0.6 is 11.8 Å². The second kappa shape index (κ2) is 19.7. The van der Waals surface area contributed by atoms with Gasteiger partial charge in [-0.05, 0) is 79.3 Å². The molecule has 2 N–H and O–H groups in total. The first-order valence-corrected chi connectivity index (χ1v) is 25.4. The second-order valence-corrected chi connectivity index (χ2v) is 20.3. The van der Waals surface area contributed by atoms with Crippen LogP contribution < -0.4 is 38.5 Å². The summed E-state index contributed by atoms with van der Waals surface area (Å²) in [7, 11) is 4.89. The third-order valence-corrected chi connectivity index (χ3v) is 16.5. The summed E-state index contributed by atoms with van der Waals surface area (Å²) in [5, 5.41) is 15.8. The molecule has 7 heterocycles. The van der Waals surface area contributed by atoms with Crippen LogP contribution in [-0.2, 0) is 55.4 Å². The number of carbonyl (C=O) groups excluding carboxylic acids is 4. The highest BCUT2D eigenvalue weighted by Crippen LogP contribution is 2.64. The molecule has 2 unspecified atom stereocenters. The fraction of sp³-hybridized carbons (Fsp3) is 0.382. The Morgan fingerprint density at radius 3 is 2.16 bits per heavy atom. The highest BCUT2D eigenvalue weighted by molar-refractivity contribution is 7.99. The molecule has 12 rings (SSSR count). The Hall–Kier alpha value is -7.03. The number of esters is 2. The third kappa shape index (κ3) is 8.30. The molecular weight excluding hydrogens is 975 g/mol. The van der Waals surface area contributed by atoms with Gasteiger partial charge in [0.2, 0.25) is 6.79 Å². The lowest BCUT2D eigenvalue weighted by molar-refractivity contribution is -0.186. The molecule has 7 aliphatic rings. The Balaban J connectivity index is 1.05. The first kappa shape index (κ1) is 49.2. The standard InChI is InChI=1S/C55H55N3O15S/c1-28-19-34-20-36-51(60)58-37-25-66-52(61)55(35-22-38(64-5)39(21-33(35)17-18-56-55)72-53(62)67-23-31-13-9-7-10-14-31)26-74-50(42-41(37)48-47(69-27-70-48)29(2)46(42)71-30(3)59)44(58)43(57(36)4)40(34)49(45(28)65-6)73-54(63)68-24-32-15-11-8-12-16-32/h7-16,19,21-22,36-37,43-44,50-51,56,60H,17-18,20,23-27H2,1-6H3/t36-,37-,43?,44?,50+,51-,55+/m0/s1. The summed E-state index contributed by atoms with van der Waals surface area (Å²) in [6.07, 6.45) is -2.23. The van der Waals surface area contributed by atoms with Crippen molar-refractivity contribution in [3.05, 3.63) is 134 Å². The zero-order chi connectivity index (χ0) is 51.6. The molecule has 2 saturated heterocycles. The van der Waals surface area contributed by atoms with Crippen LogP contribution in [0.5, 0.6) is 40.2 Å². The quantitative estimate of drug-likeness (QED) is 0.0639. The lowest BCUT2D eigenvalue weighted by atomic mass is 9.73.